The molecule has 2 rings (SSSR count). The average molecular weight is 439 g/mol. The molecule has 0 bridgehead atoms. The fourth-order valence-corrected chi connectivity index (χ4v) is 3.26. The molecule has 3 N–H and O–H groups in total. The van der Waals surface area contributed by atoms with Crippen LogP contribution in [0.25, 0.3) is 0 Å². The number of aromatic hydroxyl groups is 1. The van der Waals surface area contributed by atoms with Crippen LogP contribution in [0.2, 0.25) is 0 Å². The summed E-state index contributed by atoms with van der Waals surface area (Å²) in [5.41, 5.74) is 0.737. The minimum Gasteiger partial charge on any atom is -0.505 e. The van der Waals surface area contributed by atoms with E-state index in [1.165, 1.54) is 24.3 Å². The minimum atomic E-state index is -0.607. The highest BCUT2D eigenvalue weighted by Gasteiger charge is 2.14. The number of benzene rings is 1. The van der Waals surface area contributed by atoms with Crippen LogP contribution >= 0.6 is 35.7 Å². The van der Waals surface area contributed by atoms with Gasteiger partial charge < -0.3 is 15.7 Å². The third kappa shape index (κ3) is 6.20. The summed E-state index contributed by atoms with van der Waals surface area (Å²) in [6.45, 7) is 3.19. The zero-order valence-corrected chi connectivity index (χ0v) is 15.8. The summed E-state index contributed by atoms with van der Waals surface area (Å²) in [5.74, 6) is 2.16. The van der Waals surface area contributed by atoms with Crippen molar-refractivity contribution in [3.63, 3.8) is 0 Å². The van der Waals surface area contributed by atoms with Crippen molar-refractivity contribution < 1.29 is 9.50 Å². The monoisotopic (exact) mass is 439 g/mol. The lowest BCUT2D eigenvalue weighted by Gasteiger charge is -2.24. The molecule has 124 valence electrons. The van der Waals surface area contributed by atoms with Crippen molar-refractivity contribution in [3.05, 3.63) is 29.6 Å². The smallest absolute Gasteiger partial charge is 0.191 e. The maximum absolute atomic E-state index is 13.3. The lowest BCUT2D eigenvalue weighted by atomic mass is 10.2. The summed E-state index contributed by atoms with van der Waals surface area (Å²) < 4.78 is 13.3. The number of aliphatic imine (C=N–C) groups is 1. The number of phenols is 1. The van der Waals surface area contributed by atoms with Gasteiger partial charge in [-0.3, -0.25) is 0 Å². The first-order valence-electron chi connectivity index (χ1n) is 7.29. The molecule has 0 saturated carbocycles. The first-order valence-corrected chi connectivity index (χ1v) is 8.44. The highest BCUT2D eigenvalue weighted by Crippen LogP contribution is 2.18. The fourth-order valence-electron chi connectivity index (χ4n) is 2.19. The summed E-state index contributed by atoms with van der Waals surface area (Å²) in [6.07, 6.45) is 2.39. The average Bonchev–Trinajstić information content (AvgIpc) is 2.49. The van der Waals surface area contributed by atoms with Crippen LogP contribution < -0.4 is 10.6 Å². The third-order valence-electron chi connectivity index (χ3n) is 3.28. The maximum atomic E-state index is 13.3. The summed E-state index contributed by atoms with van der Waals surface area (Å²) in [6, 6.07) is 4.80. The topological polar surface area (TPSA) is 56.7 Å². The van der Waals surface area contributed by atoms with Crippen LogP contribution in [0, 0.1) is 5.82 Å². The molecule has 0 radical (unpaired) electrons. The van der Waals surface area contributed by atoms with E-state index in [0.717, 1.165) is 30.2 Å². The Bertz CT molecular complexity index is 496. The predicted molar refractivity (Wildman–Crippen MR) is 102 cm³/mol. The van der Waals surface area contributed by atoms with E-state index in [2.05, 4.69) is 15.6 Å². The molecular formula is C15H23FIN3OS. The quantitative estimate of drug-likeness (QED) is 0.384. The third-order valence-corrected chi connectivity index (χ3v) is 4.49. The molecule has 0 amide bonds. The Balaban J connectivity index is 0.00000242. The molecular weight excluding hydrogens is 416 g/mol. The van der Waals surface area contributed by atoms with Crippen molar-refractivity contribution in [1.29, 1.82) is 0 Å². The summed E-state index contributed by atoms with van der Waals surface area (Å²) in [5, 5.41) is 15.8. The van der Waals surface area contributed by atoms with Crippen molar-refractivity contribution in [1.82, 2.24) is 10.6 Å². The van der Waals surface area contributed by atoms with Gasteiger partial charge in [0, 0.05) is 18.3 Å². The number of thioether (sulfide) groups is 1. The molecule has 1 aliphatic heterocycles. The van der Waals surface area contributed by atoms with E-state index in [1.807, 2.05) is 18.7 Å². The highest BCUT2D eigenvalue weighted by atomic mass is 127. The summed E-state index contributed by atoms with van der Waals surface area (Å²) >= 11 is 1.96. The Labute approximate surface area is 152 Å². The lowest BCUT2D eigenvalue weighted by Crippen LogP contribution is -2.45. The molecule has 22 heavy (non-hydrogen) atoms. The van der Waals surface area contributed by atoms with E-state index in [1.54, 1.807) is 6.07 Å². The van der Waals surface area contributed by atoms with Crippen molar-refractivity contribution in [2.45, 2.75) is 32.4 Å². The molecule has 1 aliphatic rings. The first kappa shape index (κ1) is 19.3. The van der Waals surface area contributed by atoms with Crippen molar-refractivity contribution >= 4 is 41.7 Å². The molecule has 0 aromatic heterocycles. The van der Waals surface area contributed by atoms with Gasteiger partial charge in [0.05, 0.1) is 6.54 Å². The van der Waals surface area contributed by atoms with E-state index in [0.29, 0.717) is 12.6 Å². The molecule has 0 spiro atoms. The zero-order valence-electron chi connectivity index (χ0n) is 12.6. The second-order valence-electron chi connectivity index (χ2n) is 5.04. The lowest BCUT2D eigenvalue weighted by molar-refractivity contribution is 0.432. The molecule has 1 aromatic carbocycles. The number of nitrogens with zero attached hydrogens (tertiary/aromatic N) is 1. The standard InChI is InChI=1S/C15H22FN3OS.HI/c1-2-17-15(19-12-4-3-7-21-10-12)18-9-11-5-6-14(20)13(16)8-11;/h5-6,8,12,20H,2-4,7,9-10H2,1H3,(H2,17,18,19);1H. The van der Waals surface area contributed by atoms with Crippen LogP contribution in [0.15, 0.2) is 23.2 Å². The second kappa shape index (κ2) is 10.1. The maximum Gasteiger partial charge on any atom is 0.191 e. The van der Waals surface area contributed by atoms with Gasteiger partial charge in [0.1, 0.15) is 0 Å². The largest absolute Gasteiger partial charge is 0.505 e. The van der Waals surface area contributed by atoms with Gasteiger partial charge in [-0.05, 0) is 43.2 Å². The molecule has 1 heterocycles. The van der Waals surface area contributed by atoms with Crippen LogP contribution in [0.5, 0.6) is 5.75 Å². The van der Waals surface area contributed by atoms with Gasteiger partial charge in [0.25, 0.3) is 0 Å². The molecule has 7 heteroatoms. The van der Waals surface area contributed by atoms with Crippen LogP contribution in [0.3, 0.4) is 0 Å². The van der Waals surface area contributed by atoms with Gasteiger partial charge in [0.2, 0.25) is 0 Å². The summed E-state index contributed by atoms with van der Waals surface area (Å²) in [4.78, 5) is 4.49. The normalized spacial score (nSPS) is 18.5. The Kier molecular flexibility index (Phi) is 8.92. The number of guanidine groups is 1. The Morgan fingerprint density at radius 2 is 2.32 bits per heavy atom. The van der Waals surface area contributed by atoms with E-state index < -0.39 is 5.82 Å². The highest BCUT2D eigenvalue weighted by molar-refractivity contribution is 14.0. The van der Waals surface area contributed by atoms with Gasteiger partial charge in [0.15, 0.2) is 17.5 Å². The van der Waals surface area contributed by atoms with Crippen LogP contribution in [0.1, 0.15) is 25.3 Å². The molecule has 1 aromatic rings. The Hall–Kier alpha value is -0.700. The Morgan fingerprint density at radius 3 is 2.95 bits per heavy atom. The van der Waals surface area contributed by atoms with Gasteiger partial charge in [-0.2, -0.15) is 11.8 Å². The number of phenolic OH excluding ortho intramolecular Hbond substituents is 1. The number of hydrogen-bond acceptors (Lipinski definition) is 3. The predicted octanol–water partition coefficient (Wildman–Crippen LogP) is 3.10. The second-order valence-corrected chi connectivity index (χ2v) is 6.19. The number of hydrogen-bond donors (Lipinski definition) is 3. The molecule has 1 saturated heterocycles. The molecule has 4 nitrogen and oxygen atoms in total. The van der Waals surface area contributed by atoms with E-state index >= 15 is 0 Å². The van der Waals surface area contributed by atoms with Gasteiger partial charge in [-0.15, -0.1) is 24.0 Å². The van der Waals surface area contributed by atoms with E-state index in [-0.39, 0.29) is 29.7 Å². The molecule has 1 unspecified atom stereocenters. The van der Waals surface area contributed by atoms with Crippen molar-refractivity contribution in [2.24, 2.45) is 4.99 Å². The molecule has 0 aliphatic carbocycles. The Morgan fingerprint density at radius 1 is 1.50 bits per heavy atom. The van der Waals surface area contributed by atoms with Crippen LogP contribution in [0.4, 0.5) is 4.39 Å². The number of rotatable bonds is 4. The van der Waals surface area contributed by atoms with Crippen LogP contribution in [-0.2, 0) is 6.54 Å². The molecule has 1 fully saturated rings. The minimum absolute atomic E-state index is 0. The first-order chi connectivity index (χ1) is 10.2. The van der Waals surface area contributed by atoms with Gasteiger partial charge in [-0.25, -0.2) is 9.38 Å². The zero-order chi connectivity index (χ0) is 15.1. The van der Waals surface area contributed by atoms with Crippen molar-refractivity contribution in [2.75, 3.05) is 18.1 Å². The fraction of sp³-hybridized carbons (Fsp3) is 0.533. The molecule has 1 atom stereocenters. The van der Waals surface area contributed by atoms with E-state index in [4.69, 9.17) is 0 Å². The summed E-state index contributed by atoms with van der Waals surface area (Å²) in [7, 11) is 0. The van der Waals surface area contributed by atoms with Gasteiger partial charge in [-0.1, -0.05) is 6.07 Å². The number of nitrogens with one attached hydrogen (secondary N) is 2. The van der Waals surface area contributed by atoms with E-state index in [9.17, 15) is 9.50 Å². The van der Waals surface area contributed by atoms with Gasteiger partial charge >= 0.3 is 0 Å². The van der Waals surface area contributed by atoms with Crippen molar-refractivity contribution in [3.8, 4) is 5.75 Å². The number of halogens is 2. The van der Waals surface area contributed by atoms with Crippen LogP contribution in [-0.4, -0.2) is 35.2 Å². The SMILES string of the molecule is CCNC(=NCc1ccc(O)c(F)c1)NC1CCCSC1.I.